The van der Waals surface area contributed by atoms with Crippen LogP contribution < -0.4 is 0 Å². The molecule has 1 aromatic heterocycles. The lowest BCUT2D eigenvalue weighted by atomic mass is 10.1. The van der Waals surface area contributed by atoms with Gasteiger partial charge < -0.3 is 5.11 Å². The second kappa shape index (κ2) is 3.62. The first kappa shape index (κ1) is 10.9. The largest absolute Gasteiger partial charge is 0.508 e. The molecular formula is C13H4N4O2. The summed E-state index contributed by atoms with van der Waals surface area (Å²) >= 11 is 0. The fraction of sp³-hybridized carbons (Fsp3) is 0. The van der Waals surface area contributed by atoms with Gasteiger partial charge in [0.1, 0.15) is 29.3 Å². The van der Waals surface area contributed by atoms with E-state index in [1.54, 1.807) is 12.1 Å². The molecular weight excluding hydrogens is 244 g/mol. The van der Waals surface area contributed by atoms with Gasteiger partial charge in [-0.15, -0.1) is 0 Å². The number of hydrogen-bond acceptors (Lipinski definition) is 6. The van der Waals surface area contributed by atoms with Gasteiger partial charge in [0.2, 0.25) is 5.78 Å². The number of rotatable bonds is 0. The molecule has 88 valence electrons. The van der Waals surface area contributed by atoms with Crippen molar-refractivity contribution in [1.82, 2.24) is 9.97 Å². The number of phenolic OH excluding ortho intramolecular Hbond substituents is 1. The minimum Gasteiger partial charge on any atom is -0.508 e. The minimum atomic E-state index is -0.363. The molecule has 0 fully saturated rings. The molecule has 0 aliphatic heterocycles. The molecule has 1 aliphatic carbocycles. The first-order chi connectivity index (χ1) is 9.15. The van der Waals surface area contributed by atoms with Gasteiger partial charge in [-0.2, -0.15) is 10.5 Å². The maximum absolute atomic E-state index is 12.1. The molecule has 0 saturated heterocycles. The Balaban J connectivity index is 2.38. The Labute approximate surface area is 107 Å². The van der Waals surface area contributed by atoms with Crippen molar-refractivity contribution in [3.05, 3.63) is 40.8 Å². The first-order valence-electron chi connectivity index (χ1n) is 5.26. The van der Waals surface area contributed by atoms with Gasteiger partial charge in [0.25, 0.3) is 0 Å². The molecule has 19 heavy (non-hydrogen) atoms. The average molecular weight is 248 g/mol. The second-order valence-corrected chi connectivity index (χ2v) is 3.90. The maximum atomic E-state index is 12.1. The van der Waals surface area contributed by atoms with Crippen molar-refractivity contribution in [2.24, 2.45) is 0 Å². The number of phenols is 1. The van der Waals surface area contributed by atoms with Gasteiger partial charge in [-0.25, -0.2) is 9.97 Å². The number of ketones is 1. The highest BCUT2D eigenvalue weighted by atomic mass is 16.3. The van der Waals surface area contributed by atoms with E-state index in [0.717, 1.165) is 0 Å². The topological polar surface area (TPSA) is 111 Å². The summed E-state index contributed by atoms with van der Waals surface area (Å²) in [5.41, 5.74) is 0.736. The Bertz CT molecular complexity index is 828. The van der Waals surface area contributed by atoms with Crippen LogP contribution in [0.1, 0.15) is 27.4 Å². The molecule has 1 aliphatic rings. The molecule has 1 N–H and O–H groups in total. The van der Waals surface area contributed by atoms with Crippen LogP contribution in [0.15, 0.2) is 18.2 Å². The molecule has 0 spiro atoms. The number of nitriles is 2. The van der Waals surface area contributed by atoms with Gasteiger partial charge in [0, 0.05) is 11.1 Å². The van der Waals surface area contributed by atoms with Crippen LogP contribution in [0.25, 0.3) is 11.3 Å². The Kier molecular flexibility index (Phi) is 2.07. The zero-order valence-electron chi connectivity index (χ0n) is 9.38. The summed E-state index contributed by atoms with van der Waals surface area (Å²) in [5.74, 6) is -0.373. The molecule has 1 heterocycles. The third kappa shape index (κ3) is 1.38. The number of carbonyl (C=O) groups is 1. The summed E-state index contributed by atoms with van der Waals surface area (Å²) < 4.78 is 0. The normalized spacial score (nSPS) is 11.4. The van der Waals surface area contributed by atoms with E-state index in [2.05, 4.69) is 9.97 Å². The molecule has 0 atom stereocenters. The van der Waals surface area contributed by atoms with Crippen LogP contribution >= 0.6 is 0 Å². The van der Waals surface area contributed by atoms with Crippen molar-refractivity contribution in [2.75, 3.05) is 0 Å². The highest BCUT2D eigenvalue weighted by Crippen LogP contribution is 2.36. The molecule has 3 rings (SSSR count). The number of aromatic nitrogens is 2. The first-order valence-corrected chi connectivity index (χ1v) is 5.26. The highest BCUT2D eigenvalue weighted by molar-refractivity contribution is 6.20. The zero-order valence-corrected chi connectivity index (χ0v) is 9.38. The fourth-order valence-electron chi connectivity index (χ4n) is 1.99. The smallest absolute Gasteiger partial charge is 0.214 e. The van der Waals surface area contributed by atoms with Crippen LogP contribution in [0.4, 0.5) is 0 Å². The third-order valence-electron chi connectivity index (χ3n) is 2.83. The molecule has 1 aromatic carbocycles. The molecule has 2 aromatic rings. The van der Waals surface area contributed by atoms with Crippen LogP contribution in [-0.2, 0) is 0 Å². The van der Waals surface area contributed by atoms with Crippen molar-refractivity contribution < 1.29 is 9.90 Å². The fourth-order valence-corrected chi connectivity index (χ4v) is 1.99. The lowest BCUT2D eigenvalue weighted by molar-refractivity contribution is 0.103. The van der Waals surface area contributed by atoms with Gasteiger partial charge in [-0.3, -0.25) is 4.79 Å². The van der Waals surface area contributed by atoms with Crippen molar-refractivity contribution in [1.29, 1.82) is 10.5 Å². The maximum Gasteiger partial charge on any atom is 0.214 e. The van der Waals surface area contributed by atoms with E-state index < -0.39 is 0 Å². The van der Waals surface area contributed by atoms with E-state index in [9.17, 15) is 9.90 Å². The van der Waals surface area contributed by atoms with Crippen molar-refractivity contribution in [2.45, 2.75) is 0 Å². The molecule has 0 radical (unpaired) electrons. The van der Waals surface area contributed by atoms with Crippen molar-refractivity contribution in [3.63, 3.8) is 0 Å². The van der Waals surface area contributed by atoms with Crippen LogP contribution in [0.5, 0.6) is 5.75 Å². The van der Waals surface area contributed by atoms with Gasteiger partial charge in [-0.1, -0.05) is 0 Å². The number of hydrogen-bond donors (Lipinski definition) is 1. The van der Waals surface area contributed by atoms with Gasteiger partial charge in [0.15, 0.2) is 11.4 Å². The predicted octanol–water partition coefficient (Wildman–Crippen LogP) is 1.14. The Morgan fingerprint density at radius 1 is 1.00 bits per heavy atom. The van der Waals surface area contributed by atoms with Gasteiger partial charge >= 0.3 is 0 Å². The van der Waals surface area contributed by atoms with E-state index in [1.807, 2.05) is 0 Å². The molecule has 0 bridgehead atoms. The van der Waals surface area contributed by atoms with Gasteiger partial charge in [0.05, 0.1) is 0 Å². The molecule has 0 saturated carbocycles. The van der Waals surface area contributed by atoms with Crippen LogP contribution in [0.3, 0.4) is 0 Å². The second-order valence-electron chi connectivity index (χ2n) is 3.90. The summed E-state index contributed by atoms with van der Waals surface area (Å²) in [4.78, 5) is 20.0. The number of benzene rings is 1. The minimum absolute atomic E-state index is 0.0101. The summed E-state index contributed by atoms with van der Waals surface area (Å²) in [7, 11) is 0. The Morgan fingerprint density at radius 2 is 1.63 bits per heavy atom. The summed E-state index contributed by atoms with van der Waals surface area (Å²) in [6.45, 7) is 0. The van der Waals surface area contributed by atoms with Crippen molar-refractivity contribution >= 4 is 5.78 Å². The van der Waals surface area contributed by atoms with Crippen LogP contribution in [0.2, 0.25) is 0 Å². The lowest BCUT2D eigenvalue weighted by Crippen LogP contribution is -2.03. The third-order valence-corrected chi connectivity index (χ3v) is 2.83. The quantitative estimate of drug-likeness (QED) is 0.638. The SMILES string of the molecule is N#Cc1nc2c(nc1C#N)-c1cc(O)ccc1C2=O. The Morgan fingerprint density at radius 3 is 2.26 bits per heavy atom. The molecule has 6 nitrogen and oxygen atoms in total. The van der Waals surface area contributed by atoms with E-state index in [1.165, 1.54) is 18.2 Å². The van der Waals surface area contributed by atoms with Crippen molar-refractivity contribution in [3.8, 4) is 29.1 Å². The molecule has 6 heteroatoms. The Hall–Kier alpha value is -3.25. The number of fused-ring (bicyclic) bond motifs is 3. The number of carbonyl (C=O) groups excluding carboxylic acids is 1. The number of nitrogens with zero attached hydrogens (tertiary/aromatic N) is 4. The van der Waals surface area contributed by atoms with Crippen LogP contribution in [-0.4, -0.2) is 20.9 Å². The number of aromatic hydroxyl groups is 1. The molecule has 0 unspecified atom stereocenters. The van der Waals surface area contributed by atoms with E-state index in [0.29, 0.717) is 11.1 Å². The van der Waals surface area contributed by atoms with Gasteiger partial charge in [-0.05, 0) is 18.2 Å². The summed E-state index contributed by atoms with van der Waals surface area (Å²) in [6, 6.07) is 7.75. The standard InChI is InChI=1S/C13H4N4O2/c14-4-9-10(5-15)17-12-11(16-9)8-3-6(18)1-2-7(8)13(12)19/h1-3,18H. The zero-order chi connectivity index (χ0) is 13.6. The summed E-state index contributed by atoms with van der Waals surface area (Å²) in [6.07, 6.45) is 0. The summed E-state index contributed by atoms with van der Waals surface area (Å²) in [5, 5.41) is 27.2. The monoisotopic (exact) mass is 248 g/mol. The van der Waals surface area contributed by atoms with Crippen LogP contribution in [0, 0.1) is 22.7 Å². The lowest BCUT2D eigenvalue weighted by Gasteiger charge is -2.00. The predicted molar refractivity (Wildman–Crippen MR) is 62.0 cm³/mol. The van der Waals surface area contributed by atoms with E-state index in [-0.39, 0.29) is 34.3 Å². The molecule has 0 amide bonds. The average Bonchev–Trinajstić information content (AvgIpc) is 2.70. The van der Waals surface area contributed by atoms with E-state index >= 15 is 0 Å². The van der Waals surface area contributed by atoms with E-state index in [4.69, 9.17) is 10.5 Å². The highest BCUT2D eigenvalue weighted by Gasteiger charge is 2.31.